The van der Waals surface area contributed by atoms with Gasteiger partial charge in [0.1, 0.15) is 5.75 Å². The Balaban J connectivity index is 1.91. The summed E-state index contributed by atoms with van der Waals surface area (Å²) < 4.78 is 8.51. The van der Waals surface area contributed by atoms with Gasteiger partial charge < -0.3 is 14.7 Å². The minimum Gasteiger partial charge on any atom is -0.544 e. The van der Waals surface area contributed by atoms with Crippen LogP contribution in [0.3, 0.4) is 0 Å². The molecule has 0 atom stereocenters. The van der Waals surface area contributed by atoms with E-state index < -0.39 is 8.32 Å². The molecule has 0 aliphatic rings. The van der Waals surface area contributed by atoms with Crippen molar-refractivity contribution in [3.8, 4) is 11.4 Å². The lowest BCUT2D eigenvalue weighted by Crippen LogP contribution is -2.43. The van der Waals surface area contributed by atoms with Crippen molar-refractivity contribution in [3.63, 3.8) is 0 Å². The van der Waals surface area contributed by atoms with E-state index in [9.17, 15) is 0 Å². The first-order valence-electron chi connectivity index (χ1n) is 8.34. The number of hydrogen-bond acceptors (Lipinski definition) is 2. The van der Waals surface area contributed by atoms with Crippen LogP contribution in [0.4, 0.5) is 5.69 Å². The molecular weight excluding hydrogens is 312 g/mol. The second-order valence-corrected chi connectivity index (χ2v) is 12.5. The lowest BCUT2D eigenvalue weighted by Gasteiger charge is -2.36. The van der Waals surface area contributed by atoms with E-state index in [1.54, 1.807) is 0 Å². The van der Waals surface area contributed by atoms with E-state index in [-0.39, 0.29) is 5.04 Å². The van der Waals surface area contributed by atoms with Gasteiger partial charge in [0.05, 0.1) is 5.52 Å². The number of aromatic nitrogens is 1. The van der Waals surface area contributed by atoms with Crippen molar-refractivity contribution in [1.82, 2.24) is 4.57 Å². The summed E-state index contributed by atoms with van der Waals surface area (Å²) in [4.78, 5) is 0. The second kappa shape index (κ2) is 5.71. The van der Waals surface area contributed by atoms with Crippen molar-refractivity contribution in [3.05, 3.63) is 54.7 Å². The Morgan fingerprint density at radius 1 is 0.958 bits per heavy atom. The van der Waals surface area contributed by atoms with E-state index in [4.69, 9.17) is 10.2 Å². The molecule has 0 aliphatic heterocycles. The molecule has 3 nitrogen and oxygen atoms in total. The van der Waals surface area contributed by atoms with Crippen LogP contribution < -0.4 is 10.2 Å². The summed E-state index contributed by atoms with van der Waals surface area (Å²) in [7, 11) is -1.80. The first kappa shape index (κ1) is 16.6. The summed E-state index contributed by atoms with van der Waals surface area (Å²) in [5, 5.41) is 1.28. The van der Waals surface area contributed by atoms with Gasteiger partial charge in [0.25, 0.3) is 0 Å². The molecule has 0 bridgehead atoms. The zero-order chi connectivity index (χ0) is 17.5. The summed E-state index contributed by atoms with van der Waals surface area (Å²) >= 11 is 0. The van der Waals surface area contributed by atoms with Crippen LogP contribution in [0.25, 0.3) is 16.6 Å². The van der Waals surface area contributed by atoms with E-state index >= 15 is 0 Å². The maximum absolute atomic E-state index is 6.35. The number of nitrogens with two attached hydrogens (primary N) is 1. The van der Waals surface area contributed by atoms with Gasteiger partial charge in [0.15, 0.2) is 0 Å². The average Bonchev–Trinajstić information content (AvgIpc) is 2.92. The predicted octanol–water partition coefficient (Wildman–Crippen LogP) is 5.60. The fourth-order valence-corrected chi connectivity index (χ4v) is 3.57. The Hall–Kier alpha value is -2.20. The molecule has 0 saturated carbocycles. The largest absolute Gasteiger partial charge is 0.544 e. The molecule has 0 spiro atoms. The van der Waals surface area contributed by atoms with E-state index in [1.807, 2.05) is 12.1 Å². The van der Waals surface area contributed by atoms with Crippen molar-refractivity contribution in [2.24, 2.45) is 0 Å². The molecule has 24 heavy (non-hydrogen) atoms. The lowest BCUT2D eigenvalue weighted by atomic mass is 10.2. The number of nitrogens with zero attached hydrogens (tertiary/aromatic N) is 1. The minimum absolute atomic E-state index is 0.194. The highest BCUT2D eigenvalue weighted by atomic mass is 28.4. The molecule has 3 aromatic rings. The number of hydrogen-bond donors (Lipinski definition) is 1. The van der Waals surface area contributed by atoms with Crippen LogP contribution in [0.1, 0.15) is 20.8 Å². The Labute approximate surface area is 145 Å². The van der Waals surface area contributed by atoms with E-state index in [2.05, 4.69) is 81.0 Å². The molecule has 0 fully saturated rings. The molecule has 1 aromatic heterocycles. The summed E-state index contributed by atoms with van der Waals surface area (Å²) in [5.41, 5.74) is 9.09. The van der Waals surface area contributed by atoms with Gasteiger partial charge in [-0.05, 0) is 60.6 Å². The van der Waals surface area contributed by atoms with Gasteiger partial charge in [0, 0.05) is 23.0 Å². The number of anilines is 1. The second-order valence-electron chi connectivity index (χ2n) is 7.82. The van der Waals surface area contributed by atoms with Crippen LogP contribution in [-0.4, -0.2) is 12.9 Å². The van der Waals surface area contributed by atoms with Crippen LogP contribution in [0, 0.1) is 0 Å². The topological polar surface area (TPSA) is 40.2 Å². The number of rotatable bonds is 3. The molecule has 2 aromatic carbocycles. The zero-order valence-corrected chi connectivity index (χ0v) is 16.1. The third kappa shape index (κ3) is 2.94. The molecule has 3 rings (SSSR count). The summed E-state index contributed by atoms with van der Waals surface area (Å²) in [6, 6.07) is 16.4. The first-order chi connectivity index (χ1) is 11.2. The van der Waals surface area contributed by atoms with Gasteiger partial charge >= 0.3 is 0 Å². The third-order valence-corrected chi connectivity index (χ3v) is 9.42. The van der Waals surface area contributed by atoms with Gasteiger partial charge in [-0.1, -0.05) is 26.8 Å². The molecule has 1 heterocycles. The molecule has 0 amide bonds. The maximum Gasteiger partial charge on any atom is 0.250 e. The molecule has 0 aliphatic carbocycles. The molecule has 2 N–H and O–H groups in total. The molecule has 126 valence electrons. The monoisotopic (exact) mass is 338 g/mol. The van der Waals surface area contributed by atoms with Crippen molar-refractivity contribution < 1.29 is 4.43 Å². The van der Waals surface area contributed by atoms with E-state index in [1.165, 1.54) is 0 Å². The van der Waals surface area contributed by atoms with Gasteiger partial charge in [-0.2, -0.15) is 0 Å². The van der Waals surface area contributed by atoms with Crippen LogP contribution in [0.2, 0.25) is 18.1 Å². The van der Waals surface area contributed by atoms with Crippen molar-refractivity contribution in [1.29, 1.82) is 0 Å². The van der Waals surface area contributed by atoms with Crippen LogP contribution in [-0.2, 0) is 0 Å². The summed E-state index contributed by atoms with van der Waals surface area (Å²) in [5.74, 6) is 0.946. The standard InChI is InChI=1S/C20H26N2OSi/c1-20(2,3)24(4,5)23-16-11-9-15(10-12-16)22-14-13-17-18(21)7-6-8-19(17)22/h6-14H,21H2,1-5H3. The summed E-state index contributed by atoms with van der Waals surface area (Å²) in [6.07, 6.45) is 2.06. The Morgan fingerprint density at radius 2 is 1.62 bits per heavy atom. The van der Waals surface area contributed by atoms with Gasteiger partial charge in [-0.15, -0.1) is 0 Å². The zero-order valence-electron chi connectivity index (χ0n) is 15.1. The van der Waals surface area contributed by atoms with Gasteiger partial charge in [-0.3, -0.25) is 0 Å². The number of nitrogen functional groups attached to an aromatic ring is 1. The first-order valence-corrected chi connectivity index (χ1v) is 11.2. The Bertz CT molecular complexity index is 857. The van der Waals surface area contributed by atoms with Crippen LogP contribution in [0.15, 0.2) is 54.7 Å². The smallest absolute Gasteiger partial charge is 0.250 e. The van der Waals surface area contributed by atoms with Crippen molar-refractivity contribution >= 4 is 24.9 Å². The Morgan fingerprint density at radius 3 is 2.25 bits per heavy atom. The lowest BCUT2D eigenvalue weighted by molar-refractivity contribution is 0.492. The van der Waals surface area contributed by atoms with Gasteiger partial charge in [-0.25, -0.2) is 0 Å². The molecule has 0 radical (unpaired) electrons. The summed E-state index contributed by atoms with van der Waals surface area (Å²) in [6.45, 7) is 11.3. The molecule has 0 unspecified atom stereocenters. The van der Waals surface area contributed by atoms with Crippen LogP contribution in [0.5, 0.6) is 5.75 Å². The fraction of sp³-hybridized carbons (Fsp3) is 0.300. The van der Waals surface area contributed by atoms with E-state index in [0.29, 0.717) is 0 Å². The fourth-order valence-electron chi connectivity index (χ4n) is 2.54. The molecule has 4 heteroatoms. The highest BCUT2D eigenvalue weighted by molar-refractivity contribution is 6.74. The van der Waals surface area contributed by atoms with E-state index in [0.717, 1.165) is 28.0 Å². The van der Waals surface area contributed by atoms with Crippen molar-refractivity contribution in [2.75, 3.05) is 5.73 Å². The maximum atomic E-state index is 6.35. The van der Waals surface area contributed by atoms with Crippen molar-refractivity contribution in [2.45, 2.75) is 38.9 Å². The minimum atomic E-state index is -1.80. The molecule has 0 saturated heterocycles. The predicted molar refractivity (Wildman–Crippen MR) is 106 cm³/mol. The highest BCUT2D eigenvalue weighted by Gasteiger charge is 2.38. The van der Waals surface area contributed by atoms with Crippen LogP contribution >= 0.6 is 0 Å². The average molecular weight is 339 g/mol. The SMILES string of the molecule is CC(C)(C)[Si](C)(C)Oc1ccc(-n2ccc3c(N)cccc32)cc1. The number of fused-ring (bicyclic) bond motifs is 1. The van der Waals surface area contributed by atoms with Gasteiger partial charge in [0.2, 0.25) is 8.32 Å². The quantitative estimate of drug-likeness (QED) is 0.499. The number of benzene rings is 2. The normalized spacial score (nSPS) is 12.5. The molecular formula is C20H26N2OSi. The third-order valence-electron chi connectivity index (χ3n) is 5.06. The highest BCUT2D eigenvalue weighted by Crippen LogP contribution is 2.37. The Kier molecular flexibility index (Phi) is 3.96.